The lowest BCUT2D eigenvalue weighted by Crippen LogP contribution is -2.25. The van der Waals surface area contributed by atoms with Crippen LogP contribution >= 0.6 is 15.9 Å². The highest BCUT2D eigenvalue weighted by atomic mass is 79.9. The summed E-state index contributed by atoms with van der Waals surface area (Å²) in [4.78, 5) is 3.64. The highest BCUT2D eigenvalue weighted by Crippen LogP contribution is 2.36. The summed E-state index contributed by atoms with van der Waals surface area (Å²) in [6.07, 6.45) is 3.53. The molecule has 2 aromatic carbocycles. The van der Waals surface area contributed by atoms with E-state index < -0.39 is 0 Å². The van der Waals surface area contributed by atoms with Gasteiger partial charge in [0.05, 0.1) is 7.11 Å². The van der Waals surface area contributed by atoms with Crippen LogP contribution in [0.25, 0.3) is 10.9 Å². The normalized spacial score (nSPS) is 17.0. The summed E-state index contributed by atoms with van der Waals surface area (Å²) in [6, 6.07) is 15.1. The Hall–Kier alpha value is -1.78. The second-order valence-electron chi connectivity index (χ2n) is 6.34. The van der Waals surface area contributed by atoms with Gasteiger partial charge in [0.25, 0.3) is 0 Å². The first kappa shape index (κ1) is 15.7. The van der Waals surface area contributed by atoms with E-state index in [9.17, 15) is 0 Å². The SMILES string of the molecule is COc1ccccc1CNC1CCCc2c1[nH]c1ccc(Br)cc21. The van der Waals surface area contributed by atoms with Gasteiger partial charge < -0.3 is 15.0 Å². The van der Waals surface area contributed by atoms with Crippen molar-refractivity contribution in [2.24, 2.45) is 0 Å². The van der Waals surface area contributed by atoms with E-state index in [0.29, 0.717) is 6.04 Å². The molecule has 4 rings (SSSR count). The van der Waals surface area contributed by atoms with Crippen LogP contribution in [0.4, 0.5) is 0 Å². The van der Waals surface area contributed by atoms with Gasteiger partial charge in [0.2, 0.25) is 0 Å². The number of nitrogens with one attached hydrogen (secondary N) is 2. The summed E-state index contributed by atoms with van der Waals surface area (Å²) in [5.74, 6) is 0.946. The van der Waals surface area contributed by atoms with Crippen molar-refractivity contribution in [3.8, 4) is 5.75 Å². The van der Waals surface area contributed by atoms with Crippen molar-refractivity contribution in [1.82, 2.24) is 10.3 Å². The summed E-state index contributed by atoms with van der Waals surface area (Å²) >= 11 is 3.59. The molecular weight excluding hydrogens is 364 g/mol. The number of methoxy groups -OCH3 is 1. The molecule has 1 atom stereocenters. The zero-order valence-electron chi connectivity index (χ0n) is 13.7. The van der Waals surface area contributed by atoms with E-state index in [2.05, 4.69) is 56.6 Å². The Morgan fingerprint density at radius 3 is 3.00 bits per heavy atom. The number of aromatic amines is 1. The van der Waals surface area contributed by atoms with Gasteiger partial charge in [-0.15, -0.1) is 0 Å². The average molecular weight is 385 g/mol. The Morgan fingerprint density at radius 2 is 2.12 bits per heavy atom. The highest BCUT2D eigenvalue weighted by Gasteiger charge is 2.24. The third kappa shape index (κ3) is 2.85. The van der Waals surface area contributed by atoms with Gasteiger partial charge in [-0.3, -0.25) is 0 Å². The molecule has 4 heteroatoms. The number of aryl methyl sites for hydroxylation is 1. The zero-order valence-corrected chi connectivity index (χ0v) is 15.3. The minimum atomic E-state index is 0.366. The molecule has 1 aliphatic rings. The zero-order chi connectivity index (χ0) is 16.5. The van der Waals surface area contributed by atoms with Crippen LogP contribution in [0, 0.1) is 0 Å². The summed E-state index contributed by atoms with van der Waals surface area (Å²) < 4.78 is 6.60. The van der Waals surface area contributed by atoms with Gasteiger partial charge in [0.1, 0.15) is 5.75 Å². The molecule has 0 saturated carbocycles. The van der Waals surface area contributed by atoms with Crippen LogP contribution in [-0.2, 0) is 13.0 Å². The summed E-state index contributed by atoms with van der Waals surface area (Å²) in [5.41, 5.74) is 5.25. The lowest BCUT2D eigenvalue weighted by atomic mass is 9.91. The number of para-hydroxylation sites is 1. The molecule has 0 bridgehead atoms. The number of halogens is 1. The van der Waals surface area contributed by atoms with Crippen LogP contribution in [0.15, 0.2) is 46.9 Å². The number of hydrogen-bond donors (Lipinski definition) is 2. The van der Waals surface area contributed by atoms with Gasteiger partial charge in [-0.25, -0.2) is 0 Å². The number of fused-ring (bicyclic) bond motifs is 3. The molecule has 3 nitrogen and oxygen atoms in total. The number of H-pyrrole nitrogens is 1. The second-order valence-corrected chi connectivity index (χ2v) is 7.26. The molecular formula is C20H21BrN2O. The first-order chi connectivity index (χ1) is 11.8. The van der Waals surface area contributed by atoms with Crippen molar-refractivity contribution < 1.29 is 4.74 Å². The molecule has 124 valence electrons. The summed E-state index contributed by atoms with van der Waals surface area (Å²) in [6.45, 7) is 0.813. The number of benzene rings is 2. The van der Waals surface area contributed by atoms with Crippen molar-refractivity contribution in [3.05, 3.63) is 63.8 Å². The molecule has 3 aromatic rings. The molecule has 0 radical (unpaired) electrons. The Labute approximate surface area is 150 Å². The number of hydrogen-bond acceptors (Lipinski definition) is 2. The van der Waals surface area contributed by atoms with Gasteiger partial charge >= 0.3 is 0 Å². The quantitative estimate of drug-likeness (QED) is 0.655. The lowest BCUT2D eigenvalue weighted by Gasteiger charge is -2.24. The fourth-order valence-corrected chi connectivity index (χ4v) is 4.08. The predicted octanol–water partition coefficient (Wildman–Crippen LogP) is 5.11. The molecule has 0 saturated heterocycles. The van der Waals surface area contributed by atoms with Crippen LogP contribution in [0.3, 0.4) is 0 Å². The molecule has 1 unspecified atom stereocenters. The minimum absolute atomic E-state index is 0.366. The Bertz CT molecular complexity index is 871. The number of rotatable bonds is 4. The fraction of sp³-hybridized carbons (Fsp3) is 0.300. The average Bonchev–Trinajstić information content (AvgIpc) is 2.98. The predicted molar refractivity (Wildman–Crippen MR) is 102 cm³/mol. The highest BCUT2D eigenvalue weighted by molar-refractivity contribution is 9.10. The largest absolute Gasteiger partial charge is 0.496 e. The second kappa shape index (κ2) is 6.61. The molecule has 2 N–H and O–H groups in total. The first-order valence-corrected chi connectivity index (χ1v) is 9.21. The van der Waals surface area contributed by atoms with Crippen molar-refractivity contribution in [2.45, 2.75) is 31.8 Å². The van der Waals surface area contributed by atoms with Crippen LogP contribution in [0.5, 0.6) is 5.75 Å². The molecule has 0 amide bonds. The third-order valence-electron chi connectivity index (χ3n) is 4.90. The maximum absolute atomic E-state index is 5.46. The molecule has 0 spiro atoms. The number of ether oxygens (including phenoxy) is 1. The van der Waals surface area contributed by atoms with Crippen molar-refractivity contribution in [3.63, 3.8) is 0 Å². The lowest BCUT2D eigenvalue weighted by molar-refractivity contribution is 0.400. The van der Waals surface area contributed by atoms with E-state index in [1.807, 2.05) is 12.1 Å². The van der Waals surface area contributed by atoms with Gasteiger partial charge in [0, 0.05) is 39.2 Å². The summed E-state index contributed by atoms with van der Waals surface area (Å²) in [5, 5.41) is 5.07. The Balaban J connectivity index is 1.61. The molecule has 24 heavy (non-hydrogen) atoms. The van der Waals surface area contributed by atoms with Crippen LogP contribution in [-0.4, -0.2) is 12.1 Å². The summed E-state index contributed by atoms with van der Waals surface area (Å²) in [7, 11) is 1.73. The van der Waals surface area contributed by atoms with Gasteiger partial charge in [-0.1, -0.05) is 34.1 Å². The monoisotopic (exact) mass is 384 g/mol. The van der Waals surface area contributed by atoms with E-state index in [1.54, 1.807) is 7.11 Å². The maximum Gasteiger partial charge on any atom is 0.123 e. The van der Waals surface area contributed by atoms with Crippen molar-refractivity contribution in [2.75, 3.05) is 7.11 Å². The Morgan fingerprint density at radius 1 is 1.25 bits per heavy atom. The smallest absolute Gasteiger partial charge is 0.123 e. The minimum Gasteiger partial charge on any atom is -0.496 e. The number of aromatic nitrogens is 1. The van der Waals surface area contributed by atoms with Crippen LogP contribution in [0.2, 0.25) is 0 Å². The van der Waals surface area contributed by atoms with Crippen LogP contribution in [0.1, 0.15) is 35.7 Å². The molecule has 1 aliphatic carbocycles. The Kier molecular flexibility index (Phi) is 4.33. The fourth-order valence-electron chi connectivity index (χ4n) is 3.72. The van der Waals surface area contributed by atoms with E-state index >= 15 is 0 Å². The maximum atomic E-state index is 5.46. The standard InChI is InChI=1S/C20H21BrN2O/c1-24-19-8-3-2-5-13(19)12-22-18-7-4-6-15-16-11-14(21)9-10-17(16)23-20(15)18/h2-3,5,8-11,18,22-23H,4,6-7,12H2,1H3. The van der Waals surface area contributed by atoms with Crippen LogP contribution < -0.4 is 10.1 Å². The van der Waals surface area contributed by atoms with Gasteiger partial charge in [-0.05, 0) is 49.1 Å². The van der Waals surface area contributed by atoms with E-state index in [0.717, 1.165) is 29.6 Å². The van der Waals surface area contributed by atoms with Gasteiger partial charge in [0.15, 0.2) is 0 Å². The van der Waals surface area contributed by atoms with Gasteiger partial charge in [-0.2, -0.15) is 0 Å². The van der Waals surface area contributed by atoms with Crippen molar-refractivity contribution >= 4 is 26.8 Å². The van der Waals surface area contributed by atoms with Crippen molar-refractivity contribution in [1.29, 1.82) is 0 Å². The molecule has 1 heterocycles. The topological polar surface area (TPSA) is 37.0 Å². The van der Waals surface area contributed by atoms with E-state index in [-0.39, 0.29) is 0 Å². The van der Waals surface area contributed by atoms with E-state index in [1.165, 1.54) is 34.1 Å². The third-order valence-corrected chi connectivity index (χ3v) is 5.39. The van der Waals surface area contributed by atoms with E-state index in [4.69, 9.17) is 4.74 Å². The molecule has 0 fully saturated rings. The molecule has 0 aliphatic heterocycles. The first-order valence-electron chi connectivity index (χ1n) is 8.41. The molecule has 1 aromatic heterocycles.